The molecule has 1 fully saturated rings. The third-order valence-electron chi connectivity index (χ3n) is 3.23. The first kappa shape index (κ1) is 13.4. The van der Waals surface area contributed by atoms with Gasteiger partial charge < -0.3 is 16.2 Å². The van der Waals surface area contributed by atoms with Gasteiger partial charge in [0.15, 0.2) is 0 Å². The van der Waals surface area contributed by atoms with Crippen LogP contribution in [-0.2, 0) is 0 Å². The van der Waals surface area contributed by atoms with Crippen molar-refractivity contribution in [3.63, 3.8) is 0 Å². The Balaban J connectivity index is 2.03. The minimum absolute atomic E-state index is 0.209. The van der Waals surface area contributed by atoms with Gasteiger partial charge in [0.25, 0.3) is 0 Å². The standard InChI is InChI=1S/C13H17BrN2O2/c14-11-7-8(13(16)17)1-6-12(11)18-10-4-2-9(15)3-5-10/h1,6-7,9-10H,2-5,15H2,(H2,16,17). The van der Waals surface area contributed by atoms with E-state index in [4.69, 9.17) is 16.2 Å². The van der Waals surface area contributed by atoms with Crippen LogP contribution in [0.1, 0.15) is 36.0 Å². The van der Waals surface area contributed by atoms with Crippen molar-refractivity contribution in [1.82, 2.24) is 0 Å². The van der Waals surface area contributed by atoms with Crippen LogP contribution in [0.15, 0.2) is 22.7 Å². The highest BCUT2D eigenvalue weighted by molar-refractivity contribution is 9.10. The van der Waals surface area contributed by atoms with Gasteiger partial charge >= 0.3 is 0 Å². The molecule has 0 atom stereocenters. The topological polar surface area (TPSA) is 78.3 Å². The number of hydrogen-bond donors (Lipinski definition) is 2. The second-order valence-electron chi connectivity index (χ2n) is 4.66. The molecule has 0 aromatic heterocycles. The highest BCUT2D eigenvalue weighted by Crippen LogP contribution is 2.30. The van der Waals surface area contributed by atoms with E-state index < -0.39 is 5.91 Å². The lowest BCUT2D eigenvalue weighted by atomic mass is 9.94. The summed E-state index contributed by atoms with van der Waals surface area (Å²) in [6.07, 6.45) is 4.17. The number of hydrogen-bond acceptors (Lipinski definition) is 3. The molecule has 18 heavy (non-hydrogen) atoms. The summed E-state index contributed by atoms with van der Waals surface area (Å²) in [6, 6.07) is 5.45. The summed E-state index contributed by atoms with van der Waals surface area (Å²) in [7, 11) is 0. The van der Waals surface area contributed by atoms with Crippen LogP contribution in [-0.4, -0.2) is 18.1 Å². The van der Waals surface area contributed by atoms with E-state index in [0.717, 1.165) is 35.9 Å². The Morgan fingerprint density at radius 3 is 2.50 bits per heavy atom. The summed E-state index contributed by atoms with van der Waals surface area (Å²) in [6.45, 7) is 0. The van der Waals surface area contributed by atoms with Crippen LogP contribution in [0.5, 0.6) is 5.75 Å². The summed E-state index contributed by atoms with van der Waals surface area (Å²) in [5.74, 6) is 0.311. The van der Waals surface area contributed by atoms with Crippen LogP contribution < -0.4 is 16.2 Å². The van der Waals surface area contributed by atoms with Crippen molar-refractivity contribution >= 4 is 21.8 Å². The van der Waals surface area contributed by atoms with E-state index in [1.54, 1.807) is 18.2 Å². The minimum Gasteiger partial charge on any atom is -0.489 e. The molecule has 0 heterocycles. The van der Waals surface area contributed by atoms with Crippen molar-refractivity contribution < 1.29 is 9.53 Å². The maximum absolute atomic E-state index is 11.0. The fraction of sp³-hybridized carbons (Fsp3) is 0.462. The molecule has 5 heteroatoms. The van der Waals surface area contributed by atoms with Crippen LogP contribution in [0.2, 0.25) is 0 Å². The van der Waals surface area contributed by atoms with Gasteiger partial charge in [-0.2, -0.15) is 0 Å². The number of benzene rings is 1. The molecule has 0 unspecified atom stereocenters. The molecule has 1 amide bonds. The molecule has 0 bridgehead atoms. The minimum atomic E-state index is -0.439. The molecule has 1 aromatic carbocycles. The Morgan fingerprint density at radius 1 is 1.28 bits per heavy atom. The van der Waals surface area contributed by atoms with Crippen molar-refractivity contribution in [2.45, 2.75) is 37.8 Å². The molecule has 0 spiro atoms. The van der Waals surface area contributed by atoms with E-state index >= 15 is 0 Å². The zero-order chi connectivity index (χ0) is 13.1. The van der Waals surface area contributed by atoms with Gasteiger partial charge in [-0.3, -0.25) is 4.79 Å². The van der Waals surface area contributed by atoms with Crippen LogP contribution in [0.3, 0.4) is 0 Å². The Hall–Kier alpha value is -1.07. The Labute approximate surface area is 115 Å². The Kier molecular flexibility index (Phi) is 4.24. The molecule has 2 rings (SSSR count). The van der Waals surface area contributed by atoms with Crippen molar-refractivity contribution in [3.05, 3.63) is 28.2 Å². The fourth-order valence-corrected chi connectivity index (χ4v) is 2.61. The maximum atomic E-state index is 11.0. The van der Waals surface area contributed by atoms with Crippen molar-refractivity contribution in [1.29, 1.82) is 0 Å². The molecular formula is C13H17BrN2O2. The lowest BCUT2D eigenvalue weighted by molar-refractivity contribution is 0.1000. The maximum Gasteiger partial charge on any atom is 0.248 e. The van der Waals surface area contributed by atoms with Crippen LogP contribution >= 0.6 is 15.9 Å². The number of halogens is 1. The first-order chi connectivity index (χ1) is 8.56. The Morgan fingerprint density at radius 2 is 1.94 bits per heavy atom. The summed E-state index contributed by atoms with van der Waals surface area (Å²) < 4.78 is 6.67. The van der Waals surface area contributed by atoms with E-state index in [1.165, 1.54) is 0 Å². The number of ether oxygens (including phenoxy) is 1. The normalized spacial score (nSPS) is 23.7. The zero-order valence-corrected chi connectivity index (χ0v) is 11.7. The number of amides is 1. The first-order valence-electron chi connectivity index (χ1n) is 6.08. The van der Waals surface area contributed by atoms with Gasteiger partial charge in [-0.25, -0.2) is 0 Å². The average Bonchev–Trinajstić information content (AvgIpc) is 2.34. The molecule has 4 nitrogen and oxygen atoms in total. The molecule has 1 aromatic rings. The second-order valence-corrected chi connectivity index (χ2v) is 5.52. The largest absolute Gasteiger partial charge is 0.489 e. The highest BCUT2D eigenvalue weighted by Gasteiger charge is 2.20. The zero-order valence-electron chi connectivity index (χ0n) is 10.1. The molecule has 0 radical (unpaired) electrons. The average molecular weight is 313 g/mol. The molecule has 1 saturated carbocycles. The summed E-state index contributed by atoms with van der Waals surface area (Å²) in [5, 5.41) is 0. The number of carbonyl (C=O) groups is 1. The van der Waals surface area contributed by atoms with E-state index in [-0.39, 0.29) is 6.10 Å². The SMILES string of the molecule is NC(=O)c1ccc(OC2CCC(N)CC2)c(Br)c1. The molecular weight excluding hydrogens is 296 g/mol. The monoisotopic (exact) mass is 312 g/mol. The van der Waals surface area contributed by atoms with Crippen LogP contribution in [0.25, 0.3) is 0 Å². The van der Waals surface area contributed by atoms with Gasteiger partial charge in [0.1, 0.15) is 5.75 Å². The van der Waals surface area contributed by atoms with E-state index in [0.29, 0.717) is 11.6 Å². The smallest absolute Gasteiger partial charge is 0.248 e. The van der Waals surface area contributed by atoms with Gasteiger partial charge in [0.05, 0.1) is 10.6 Å². The van der Waals surface area contributed by atoms with Gasteiger partial charge in [0.2, 0.25) is 5.91 Å². The predicted octanol–water partition coefficient (Wildman–Crippen LogP) is 2.20. The lowest BCUT2D eigenvalue weighted by Gasteiger charge is -2.27. The summed E-state index contributed by atoms with van der Waals surface area (Å²) >= 11 is 3.40. The van der Waals surface area contributed by atoms with Gasteiger partial charge in [-0.1, -0.05) is 0 Å². The summed E-state index contributed by atoms with van der Waals surface area (Å²) in [5.41, 5.74) is 11.5. The molecule has 1 aliphatic rings. The van der Waals surface area contributed by atoms with Crippen molar-refractivity contribution in [3.8, 4) is 5.75 Å². The number of rotatable bonds is 3. The third kappa shape index (κ3) is 3.23. The van der Waals surface area contributed by atoms with E-state index in [9.17, 15) is 4.79 Å². The predicted molar refractivity (Wildman–Crippen MR) is 73.5 cm³/mol. The quantitative estimate of drug-likeness (QED) is 0.898. The Bertz CT molecular complexity index is 443. The van der Waals surface area contributed by atoms with Gasteiger partial charge in [-0.05, 0) is 59.8 Å². The fourth-order valence-electron chi connectivity index (χ4n) is 2.14. The van der Waals surface area contributed by atoms with Crippen molar-refractivity contribution in [2.75, 3.05) is 0 Å². The molecule has 0 saturated heterocycles. The molecule has 98 valence electrons. The number of carbonyl (C=O) groups excluding carboxylic acids is 1. The van der Waals surface area contributed by atoms with Crippen LogP contribution in [0, 0.1) is 0 Å². The number of primary amides is 1. The highest BCUT2D eigenvalue weighted by atomic mass is 79.9. The number of nitrogens with two attached hydrogens (primary N) is 2. The molecule has 1 aliphatic carbocycles. The lowest BCUT2D eigenvalue weighted by Crippen LogP contribution is -2.31. The molecule has 0 aliphatic heterocycles. The van der Waals surface area contributed by atoms with E-state index in [2.05, 4.69) is 15.9 Å². The van der Waals surface area contributed by atoms with E-state index in [1.807, 2.05) is 0 Å². The molecule has 4 N–H and O–H groups in total. The summed E-state index contributed by atoms with van der Waals surface area (Å²) in [4.78, 5) is 11.0. The van der Waals surface area contributed by atoms with Crippen molar-refractivity contribution in [2.24, 2.45) is 11.5 Å². The first-order valence-corrected chi connectivity index (χ1v) is 6.87. The van der Waals surface area contributed by atoms with Gasteiger partial charge in [0, 0.05) is 11.6 Å². The second kappa shape index (κ2) is 5.71. The third-order valence-corrected chi connectivity index (χ3v) is 3.85. The van der Waals surface area contributed by atoms with Crippen LogP contribution in [0.4, 0.5) is 0 Å². The van der Waals surface area contributed by atoms with Gasteiger partial charge in [-0.15, -0.1) is 0 Å².